The van der Waals surface area contributed by atoms with Gasteiger partial charge in [0.1, 0.15) is 12.2 Å². The van der Waals surface area contributed by atoms with E-state index < -0.39 is 40.3 Å². The molecule has 3 unspecified atom stereocenters. The van der Waals surface area contributed by atoms with Crippen LogP contribution in [0.15, 0.2) is 46.4 Å². The van der Waals surface area contributed by atoms with Gasteiger partial charge in [-0.3, -0.25) is 20.2 Å². The molecule has 0 radical (unpaired) electrons. The van der Waals surface area contributed by atoms with Gasteiger partial charge in [0.05, 0.1) is 33.7 Å². The molecule has 290 valence electrons. The number of nitro groups is 2. The van der Waals surface area contributed by atoms with Crippen LogP contribution in [0, 0.1) is 68.7 Å². The Labute approximate surface area is 312 Å². The van der Waals surface area contributed by atoms with Crippen molar-refractivity contribution in [3.63, 3.8) is 0 Å². The molecular formula is C37H46N6O11. The Balaban J connectivity index is 0.000000566. The lowest BCUT2D eigenvalue weighted by Crippen LogP contribution is -2.38. The molecule has 3 N–H and O–H groups in total. The summed E-state index contributed by atoms with van der Waals surface area (Å²) >= 11 is 0. The number of carbonyl (C=O) groups excluding carboxylic acids is 4. The molecule has 0 aromatic heterocycles. The van der Waals surface area contributed by atoms with Crippen molar-refractivity contribution in [2.45, 2.75) is 87.5 Å². The number of rotatable bonds is 11. The largest absolute Gasteiger partial charge is 0.442 e. The maximum absolute atomic E-state index is 12.1. The molecule has 0 aliphatic rings. The predicted molar refractivity (Wildman–Crippen MR) is 198 cm³/mol. The summed E-state index contributed by atoms with van der Waals surface area (Å²) in [5, 5.41) is 36.2. The Morgan fingerprint density at radius 3 is 1.41 bits per heavy atom. The van der Waals surface area contributed by atoms with Crippen molar-refractivity contribution in [3.8, 4) is 0 Å². The van der Waals surface area contributed by atoms with Crippen molar-refractivity contribution < 1.29 is 43.6 Å². The Morgan fingerprint density at radius 1 is 0.648 bits per heavy atom. The van der Waals surface area contributed by atoms with E-state index in [1.165, 1.54) is 31.2 Å². The van der Waals surface area contributed by atoms with Crippen molar-refractivity contribution >= 4 is 35.7 Å². The van der Waals surface area contributed by atoms with E-state index in [-0.39, 0.29) is 24.7 Å². The van der Waals surface area contributed by atoms with Gasteiger partial charge in [0.25, 0.3) is 11.4 Å². The number of nitro benzene ring substituents is 2. The van der Waals surface area contributed by atoms with Gasteiger partial charge < -0.3 is 25.2 Å². The molecular weight excluding hydrogens is 704 g/mol. The standard InChI is InChI=1S/C24H31N3O6.C10H13NO3.C3H2N2O2/c1-13-8-17(5)20(9-14(13)2)18(6)32-23(28)25-12-26-24(29)33-19(7)21-10-15(3)16(4)11-22(21)27(30)31;1-6-4-9(8(3)12)10(11(13)14)5-7(6)2;6-2-4-1-5-3-7/h8-11,18-19H,12H2,1-7H3,(H,25,28)(H,26,29);4-5,8,12H,1-3H3;1H2. The number of amides is 2. The number of ether oxygens (including phenoxy) is 2. The fourth-order valence-electron chi connectivity index (χ4n) is 4.86. The van der Waals surface area contributed by atoms with Crippen LogP contribution < -0.4 is 10.6 Å². The molecule has 2 amide bonds. The van der Waals surface area contributed by atoms with Gasteiger partial charge in [-0.2, -0.15) is 9.98 Å². The van der Waals surface area contributed by atoms with Crippen LogP contribution in [0.3, 0.4) is 0 Å². The minimum atomic E-state index is -0.857. The van der Waals surface area contributed by atoms with Crippen molar-refractivity contribution in [2.24, 2.45) is 9.98 Å². The van der Waals surface area contributed by atoms with E-state index >= 15 is 0 Å². The molecule has 0 bridgehead atoms. The van der Waals surface area contributed by atoms with Crippen molar-refractivity contribution in [3.05, 3.63) is 112 Å². The van der Waals surface area contributed by atoms with Crippen LogP contribution in [-0.2, 0) is 19.1 Å². The van der Waals surface area contributed by atoms with Gasteiger partial charge in [-0.1, -0.05) is 12.1 Å². The molecule has 0 heterocycles. The van der Waals surface area contributed by atoms with Crippen molar-refractivity contribution in [2.75, 3.05) is 13.3 Å². The number of aryl methyl sites for hydroxylation is 7. The SMILES string of the molecule is Cc1cc(C(C)O)c([N+](=O)[O-])cc1C.Cc1cc(C)c(C(C)OC(=O)NCNC(=O)OC(C)c2cc(C)c(C)cc2[N+](=O)[O-])cc1C.O=C=NCN=C=O. The maximum Gasteiger partial charge on any atom is 0.409 e. The average Bonchev–Trinajstić information content (AvgIpc) is 3.08. The quantitative estimate of drug-likeness (QED) is 0.0579. The van der Waals surface area contributed by atoms with E-state index in [0.29, 0.717) is 11.1 Å². The van der Waals surface area contributed by atoms with Crippen LogP contribution in [0.25, 0.3) is 0 Å². The highest BCUT2D eigenvalue weighted by Gasteiger charge is 2.23. The molecule has 17 nitrogen and oxygen atoms in total. The first-order chi connectivity index (χ1) is 25.2. The van der Waals surface area contributed by atoms with Crippen molar-refractivity contribution in [1.82, 2.24) is 10.6 Å². The summed E-state index contributed by atoms with van der Waals surface area (Å²) < 4.78 is 10.6. The number of aliphatic hydroxyl groups excluding tert-OH is 1. The fourth-order valence-corrected chi connectivity index (χ4v) is 4.86. The van der Waals surface area contributed by atoms with Gasteiger partial charge in [0.15, 0.2) is 6.67 Å². The lowest BCUT2D eigenvalue weighted by atomic mass is 9.98. The normalized spacial score (nSPS) is 11.6. The number of carbonyl (C=O) groups is 2. The van der Waals surface area contributed by atoms with E-state index in [9.17, 15) is 44.5 Å². The van der Waals surface area contributed by atoms with Gasteiger partial charge in [0.2, 0.25) is 12.2 Å². The first-order valence-electron chi connectivity index (χ1n) is 16.5. The predicted octanol–water partition coefficient (Wildman–Crippen LogP) is 7.25. The lowest BCUT2D eigenvalue weighted by Gasteiger charge is -2.18. The Hall–Kier alpha value is -6.28. The van der Waals surface area contributed by atoms with Gasteiger partial charge in [-0.05, 0) is 126 Å². The summed E-state index contributed by atoms with van der Waals surface area (Å²) in [4.78, 5) is 69.5. The molecule has 0 spiro atoms. The topological polar surface area (TPSA) is 242 Å². The van der Waals surface area contributed by atoms with Crippen LogP contribution in [0.2, 0.25) is 0 Å². The van der Waals surface area contributed by atoms with Crippen molar-refractivity contribution in [1.29, 1.82) is 0 Å². The Kier molecular flexibility index (Phi) is 18.6. The third-order valence-electron chi connectivity index (χ3n) is 8.19. The highest BCUT2D eigenvalue weighted by atomic mass is 16.6. The highest BCUT2D eigenvalue weighted by Crippen LogP contribution is 2.31. The minimum absolute atomic E-state index is 0.0110. The van der Waals surface area contributed by atoms with Gasteiger partial charge >= 0.3 is 12.2 Å². The second kappa shape index (κ2) is 21.9. The molecule has 0 fully saturated rings. The van der Waals surface area contributed by atoms with E-state index in [1.54, 1.807) is 32.9 Å². The number of alkyl carbamates (subject to hydrolysis) is 2. The number of nitrogens with one attached hydrogen (secondary N) is 2. The average molecular weight is 751 g/mol. The summed E-state index contributed by atoms with van der Waals surface area (Å²) in [7, 11) is 0. The zero-order valence-electron chi connectivity index (χ0n) is 31.9. The molecule has 0 aliphatic heterocycles. The van der Waals surface area contributed by atoms with E-state index in [0.717, 1.165) is 44.5 Å². The minimum Gasteiger partial charge on any atom is -0.442 e. The summed E-state index contributed by atoms with van der Waals surface area (Å²) in [5.41, 5.74) is 8.18. The monoisotopic (exact) mass is 750 g/mol. The molecule has 3 rings (SSSR count). The van der Waals surface area contributed by atoms with Gasteiger partial charge in [0, 0.05) is 12.1 Å². The molecule has 54 heavy (non-hydrogen) atoms. The molecule has 3 aromatic rings. The summed E-state index contributed by atoms with van der Waals surface area (Å²) in [6, 6.07) is 10.3. The number of hydrogen-bond acceptors (Lipinski definition) is 13. The van der Waals surface area contributed by atoms with Crippen LogP contribution in [0.4, 0.5) is 21.0 Å². The smallest absolute Gasteiger partial charge is 0.409 e. The molecule has 0 saturated heterocycles. The number of isocyanates is 2. The lowest BCUT2D eigenvalue weighted by molar-refractivity contribution is -0.386. The number of aliphatic imine (C=N–C) groups is 2. The maximum atomic E-state index is 12.1. The first-order valence-corrected chi connectivity index (χ1v) is 16.5. The summed E-state index contributed by atoms with van der Waals surface area (Å²) in [6.45, 7) is 17.7. The van der Waals surface area contributed by atoms with Crippen LogP contribution in [0.5, 0.6) is 0 Å². The molecule has 3 atom stereocenters. The molecule has 0 aliphatic carbocycles. The Morgan fingerprint density at radius 2 is 1.00 bits per heavy atom. The number of nitrogens with zero attached hydrogens (tertiary/aromatic N) is 4. The zero-order valence-corrected chi connectivity index (χ0v) is 31.9. The molecule has 3 aromatic carbocycles. The molecule has 0 saturated carbocycles. The first kappa shape index (κ1) is 45.7. The fraction of sp³-hybridized carbons (Fsp3) is 0.405. The summed E-state index contributed by atoms with van der Waals surface area (Å²) in [6.07, 6.45) is -1.25. The van der Waals surface area contributed by atoms with E-state index in [4.69, 9.17) is 9.47 Å². The van der Waals surface area contributed by atoms with Gasteiger partial charge in [-0.15, -0.1) is 0 Å². The van der Waals surface area contributed by atoms with Gasteiger partial charge in [-0.25, -0.2) is 19.2 Å². The summed E-state index contributed by atoms with van der Waals surface area (Å²) in [5.74, 6) is 0. The van der Waals surface area contributed by atoms with E-state index in [1.807, 2.05) is 53.7 Å². The van der Waals surface area contributed by atoms with Crippen LogP contribution in [-0.4, -0.2) is 52.6 Å². The number of benzene rings is 3. The second-order valence-corrected chi connectivity index (χ2v) is 12.2. The zero-order chi connectivity index (χ0) is 41.3. The second-order valence-electron chi connectivity index (χ2n) is 12.2. The third kappa shape index (κ3) is 14.4. The third-order valence-corrected chi connectivity index (χ3v) is 8.19. The van der Waals surface area contributed by atoms with Crippen LogP contribution >= 0.6 is 0 Å². The number of aliphatic hydroxyl groups is 1. The van der Waals surface area contributed by atoms with E-state index in [2.05, 4.69) is 20.6 Å². The molecule has 17 heteroatoms. The van der Waals surface area contributed by atoms with Crippen LogP contribution in [0.1, 0.15) is 94.7 Å². The Bertz CT molecular complexity index is 1920. The highest BCUT2D eigenvalue weighted by molar-refractivity contribution is 5.70. The number of hydrogen-bond donors (Lipinski definition) is 3.